The Bertz CT molecular complexity index is 1020. The molecule has 0 saturated heterocycles. The monoisotopic (exact) mass is 429 g/mol. The molecule has 2 heterocycles. The first-order chi connectivity index (χ1) is 15.0. The molecule has 0 atom stereocenters. The van der Waals surface area contributed by atoms with Crippen LogP contribution in [0, 0.1) is 5.82 Å². The number of nitrogens with zero attached hydrogens (tertiary/aromatic N) is 7. The lowest BCUT2D eigenvalue weighted by molar-refractivity contribution is 0.0947. The van der Waals surface area contributed by atoms with Crippen molar-refractivity contribution in [3.8, 4) is 5.82 Å². The average Bonchev–Trinajstić information content (AvgIpc) is 3.35. The van der Waals surface area contributed by atoms with E-state index in [0.29, 0.717) is 17.8 Å². The van der Waals surface area contributed by atoms with E-state index >= 15 is 0 Å². The van der Waals surface area contributed by atoms with Crippen molar-refractivity contribution in [1.82, 2.24) is 35.6 Å². The molecule has 0 aliphatic carbocycles. The van der Waals surface area contributed by atoms with E-state index in [4.69, 9.17) is 5.73 Å². The highest BCUT2D eigenvalue weighted by atomic mass is 19.1. The smallest absolute Gasteiger partial charge is 0.293 e. The lowest BCUT2D eigenvalue weighted by Gasteiger charge is -2.21. The van der Waals surface area contributed by atoms with Crippen molar-refractivity contribution in [2.24, 2.45) is 5.10 Å². The first-order valence-electron chi connectivity index (χ1n) is 9.87. The van der Waals surface area contributed by atoms with E-state index in [1.165, 1.54) is 23.0 Å². The highest BCUT2D eigenvalue weighted by Gasteiger charge is 2.25. The van der Waals surface area contributed by atoms with Gasteiger partial charge in [0.15, 0.2) is 5.69 Å². The summed E-state index contributed by atoms with van der Waals surface area (Å²) in [4.78, 5) is 14.9. The fourth-order valence-corrected chi connectivity index (χ4v) is 3.01. The molecule has 3 aromatic rings. The third kappa shape index (κ3) is 5.48. The van der Waals surface area contributed by atoms with E-state index in [9.17, 15) is 9.18 Å². The van der Waals surface area contributed by atoms with Crippen molar-refractivity contribution in [3.63, 3.8) is 0 Å². The Balaban J connectivity index is 1.86. The summed E-state index contributed by atoms with van der Waals surface area (Å²) in [5.74, 6) is -0.718. The zero-order valence-electron chi connectivity index (χ0n) is 17.3. The zero-order chi connectivity index (χ0) is 22.2. The number of hydrazone groups is 1. The van der Waals surface area contributed by atoms with Gasteiger partial charge in [-0.25, -0.2) is 14.4 Å². The lowest BCUT2D eigenvalue weighted by Crippen LogP contribution is -2.28. The third-order valence-corrected chi connectivity index (χ3v) is 4.38. The Labute approximate surface area is 178 Å². The molecule has 0 bridgehead atoms. The van der Waals surface area contributed by atoms with Crippen molar-refractivity contribution in [2.45, 2.75) is 33.2 Å². The van der Waals surface area contributed by atoms with Gasteiger partial charge in [0, 0.05) is 6.54 Å². The van der Waals surface area contributed by atoms with Crippen molar-refractivity contribution in [2.75, 3.05) is 18.8 Å². The van der Waals surface area contributed by atoms with Crippen LogP contribution in [0.2, 0.25) is 0 Å². The van der Waals surface area contributed by atoms with Crippen LogP contribution in [0.15, 0.2) is 34.0 Å². The van der Waals surface area contributed by atoms with Gasteiger partial charge < -0.3 is 5.73 Å². The second kappa shape index (κ2) is 10.4. The summed E-state index contributed by atoms with van der Waals surface area (Å²) >= 11 is 0. The molecule has 3 rings (SSSR count). The maximum atomic E-state index is 13.0. The van der Waals surface area contributed by atoms with Gasteiger partial charge >= 0.3 is 0 Å². The van der Waals surface area contributed by atoms with Crippen molar-refractivity contribution in [1.29, 1.82) is 0 Å². The van der Waals surface area contributed by atoms with E-state index in [1.54, 1.807) is 12.1 Å². The SMILES string of the molecule is CCCN(CCC)Cc1c(C(=O)NN=Cc2ccc(F)cc2)nnn1-c1nonc1N. The number of amides is 1. The number of hydrogen-bond acceptors (Lipinski definition) is 9. The Hall–Kier alpha value is -3.67. The number of anilines is 1. The molecule has 0 unspecified atom stereocenters. The van der Waals surface area contributed by atoms with Crippen LogP contribution in [-0.2, 0) is 6.54 Å². The molecule has 0 spiro atoms. The Kier molecular flexibility index (Phi) is 7.38. The highest BCUT2D eigenvalue weighted by molar-refractivity contribution is 5.94. The minimum Gasteiger partial charge on any atom is -0.378 e. The highest BCUT2D eigenvalue weighted by Crippen LogP contribution is 2.18. The summed E-state index contributed by atoms with van der Waals surface area (Å²) in [6.07, 6.45) is 3.29. The Morgan fingerprint density at radius 3 is 2.58 bits per heavy atom. The number of carbonyl (C=O) groups is 1. The Morgan fingerprint density at radius 1 is 1.26 bits per heavy atom. The van der Waals surface area contributed by atoms with Crippen molar-refractivity contribution >= 4 is 17.9 Å². The largest absolute Gasteiger partial charge is 0.378 e. The molecular formula is C19H24FN9O2. The third-order valence-electron chi connectivity index (χ3n) is 4.38. The number of hydrogen-bond donors (Lipinski definition) is 2. The molecule has 12 heteroatoms. The van der Waals surface area contributed by atoms with Crippen LogP contribution < -0.4 is 11.2 Å². The predicted molar refractivity (Wildman–Crippen MR) is 111 cm³/mol. The van der Waals surface area contributed by atoms with E-state index in [2.05, 4.69) is 54.5 Å². The van der Waals surface area contributed by atoms with E-state index in [1.807, 2.05) is 0 Å². The van der Waals surface area contributed by atoms with Gasteiger partial charge in [-0.2, -0.15) is 9.78 Å². The number of nitrogens with one attached hydrogen (secondary N) is 1. The molecule has 164 valence electrons. The number of carbonyl (C=O) groups excluding carboxylic acids is 1. The van der Waals surface area contributed by atoms with Crippen LogP contribution in [0.3, 0.4) is 0 Å². The van der Waals surface area contributed by atoms with Gasteiger partial charge in [-0.05, 0) is 53.9 Å². The van der Waals surface area contributed by atoms with Crippen LogP contribution in [-0.4, -0.2) is 55.4 Å². The number of nitrogen functional groups attached to an aromatic ring is 1. The van der Waals surface area contributed by atoms with Gasteiger partial charge in [-0.15, -0.1) is 5.10 Å². The fraction of sp³-hybridized carbons (Fsp3) is 0.368. The maximum Gasteiger partial charge on any atom is 0.293 e. The summed E-state index contributed by atoms with van der Waals surface area (Å²) < 4.78 is 19.0. The number of benzene rings is 1. The first-order valence-corrected chi connectivity index (χ1v) is 9.87. The lowest BCUT2D eigenvalue weighted by atomic mass is 10.2. The molecule has 1 amide bonds. The van der Waals surface area contributed by atoms with Crippen LogP contribution in [0.25, 0.3) is 5.82 Å². The van der Waals surface area contributed by atoms with E-state index < -0.39 is 5.91 Å². The Morgan fingerprint density at radius 2 is 1.97 bits per heavy atom. The fourth-order valence-electron chi connectivity index (χ4n) is 3.01. The first kappa shape index (κ1) is 22.0. The predicted octanol–water partition coefficient (Wildman–Crippen LogP) is 1.76. The molecular weight excluding hydrogens is 405 g/mol. The maximum absolute atomic E-state index is 13.0. The molecule has 1 aromatic carbocycles. The van der Waals surface area contributed by atoms with Gasteiger partial charge in [-0.1, -0.05) is 31.2 Å². The van der Waals surface area contributed by atoms with Gasteiger partial charge in [0.05, 0.1) is 11.9 Å². The van der Waals surface area contributed by atoms with E-state index in [0.717, 1.165) is 25.9 Å². The standard InChI is InChI=1S/C19H24FN9O2/c1-3-9-28(10-4-2)12-15-16(23-27-29(15)18-17(21)25-31-26-18)19(30)24-22-11-13-5-7-14(20)8-6-13/h5-8,11H,3-4,9-10,12H2,1-2H3,(H2,21,25)(H,24,30). The average molecular weight is 429 g/mol. The summed E-state index contributed by atoms with van der Waals surface area (Å²) in [6, 6.07) is 5.69. The topological polar surface area (TPSA) is 140 Å². The molecule has 0 fully saturated rings. The van der Waals surface area contributed by atoms with Crippen LogP contribution in [0.5, 0.6) is 0 Å². The molecule has 0 saturated carbocycles. The number of halogens is 1. The van der Waals surface area contributed by atoms with Gasteiger partial charge in [0.2, 0.25) is 11.6 Å². The van der Waals surface area contributed by atoms with Crippen molar-refractivity contribution < 1.29 is 13.8 Å². The van der Waals surface area contributed by atoms with Crippen LogP contribution in [0.4, 0.5) is 10.2 Å². The minimum absolute atomic E-state index is 0.0324. The molecule has 31 heavy (non-hydrogen) atoms. The van der Waals surface area contributed by atoms with Gasteiger partial charge in [-0.3, -0.25) is 9.69 Å². The second-order valence-corrected chi connectivity index (χ2v) is 6.80. The number of nitrogens with two attached hydrogens (primary N) is 1. The summed E-state index contributed by atoms with van der Waals surface area (Å²) in [5.41, 5.74) is 9.43. The second-order valence-electron chi connectivity index (χ2n) is 6.80. The summed E-state index contributed by atoms with van der Waals surface area (Å²) in [5, 5.41) is 19.3. The molecule has 0 aliphatic rings. The quantitative estimate of drug-likeness (QED) is 0.367. The number of rotatable bonds is 10. The van der Waals surface area contributed by atoms with Gasteiger partial charge in [0.25, 0.3) is 5.91 Å². The van der Waals surface area contributed by atoms with Crippen molar-refractivity contribution in [3.05, 3.63) is 47.0 Å². The van der Waals surface area contributed by atoms with Gasteiger partial charge in [0.1, 0.15) is 5.82 Å². The van der Waals surface area contributed by atoms with Crippen LogP contribution in [0.1, 0.15) is 48.4 Å². The molecule has 0 aliphatic heterocycles. The number of aromatic nitrogens is 5. The molecule has 2 aromatic heterocycles. The van der Waals surface area contributed by atoms with E-state index in [-0.39, 0.29) is 23.1 Å². The van der Waals surface area contributed by atoms with Crippen LogP contribution >= 0.6 is 0 Å². The normalized spacial score (nSPS) is 11.5. The molecule has 3 N–H and O–H groups in total. The molecule has 11 nitrogen and oxygen atoms in total. The molecule has 0 radical (unpaired) electrons. The minimum atomic E-state index is -0.553. The zero-order valence-corrected chi connectivity index (χ0v) is 17.3. The summed E-state index contributed by atoms with van der Waals surface area (Å²) in [7, 11) is 0. The summed E-state index contributed by atoms with van der Waals surface area (Å²) in [6.45, 7) is 6.21.